The van der Waals surface area contributed by atoms with Crippen molar-refractivity contribution in [3.63, 3.8) is 0 Å². The SMILES string of the molecule is [CH3][Sn]([CH3])([CH3])[C]#CCOC1CCCCO1. The van der Waals surface area contributed by atoms with E-state index in [2.05, 4.69) is 24.7 Å². The Morgan fingerprint density at radius 1 is 1.36 bits per heavy atom. The molecule has 14 heavy (non-hydrogen) atoms. The summed E-state index contributed by atoms with van der Waals surface area (Å²) >= 11 is -1.89. The predicted octanol–water partition coefficient (Wildman–Crippen LogP) is 2.41. The summed E-state index contributed by atoms with van der Waals surface area (Å²) in [5.41, 5.74) is 0. The quantitative estimate of drug-likeness (QED) is 0.576. The molecule has 0 amide bonds. The fourth-order valence-corrected chi connectivity index (χ4v) is 3.00. The van der Waals surface area contributed by atoms with Crippen LogP contribution in [0.25, 0.3) is 0 Å². The van der Waals surface area contributed by atoms with Crippen molar-refractivity contribution in [1.29, 1.82) is 0 Å². The first-order chi connectivity index (χ1) is 6.58. The van der Waals surface area contributed by atoms with Crippen LogP contribution in [0, 0.1) is 9.86 Å². The van der Waals surface area contributed by atoms with Gasteiger partial charge in [0.05, 0.1) is 0 Å². The molecule has 1 rings (SSSR count). The van der Waals surface area contributed by atoms with E-state index in [4.69, 9.17) is 9.47 Å². The van der Waals surface area contributed by atoms with Crippen molar-refractivity contribution in [1.82, 2.24) is 0 Å². The van der Waals surface area contributed by atoms with Gasteiger partial charge in [-0.3, -0.25) is 0 Å². The first-order valence-electron chi connectivity index (χ1n) is 5.31. The van der Waals surface area contributed by atoms with Gasteiger partial charge in [0.2, 0.25) is 0 Å². The molecule has 1 saturated heterocycles. The molecule has 1 aliphatic heterocycles. The molecule has 0 bridgehead atoms. The molecule has 0 aliphatic carbocycles. The van der Waals surface area contributed by atoms with Crippen LogP contribution in [0.1, 0.15) is 19.3 Å². The maximum atomic E-state index is 5.52. The summed E-state index contributed by atoms with van der Waals surface area (Å²) in [5.74, 6) is 3.11. The molecule has 0 saturated carbocycles. The van der Waals surface area contributed by atoms with Crippen molar-refractivity contribution in [2.45, 2.75) is 40.4 Å². The van der Waals surface area contributed by atoms with Gasteiger partial charge in [-0.25, -0.2) is 0 Å². The van der Waals surface area contributed by atoms with Crippen molar-refractivity contribution in [3.8, 4) is 9.86 Å². The van der Waals surface area contributed by atoms with Gasteiger partial charge < -0.3 is 0 Å². The molecule has 1 heterocycles. The third kappa shape index (κ3) is 5.89. The normalized spacial score (nSPS) is 22.6. The Morgan fingerprint density at radius 2 is 2.14 bits per heavy atom. The third-order valence-electron chi connectivity index (χ3n) is 1.94. The van der Waals surface area contributed by atoms with Crippen LogP contribution in [0.15, 0.2) is 0 Å². The summed E-state index contributed by atoms with van der Waals surface area (Å²) in [6.07, 6.45) is 3.43. The summed E-state index contributed by atoms with van der Waals surface area (Å²) < 4.78 is 14.3. The van der Waals surface area contributed by atoms with Gasteiger partial charge in [-0.1, -0.05) is 0 Å². The standard InChI is InChI=1S/C8H11O2.3CH3.Sn/c1-2-6-9-8-5-3-4-7-10-8;;;;/h8H,3-7H2;3*1H3;. The van der Waals surface area contributed by atoms with Crippen LogP contribution < -0.4 is 0 Å². The predicted molar refractivity (Wildman–Crippen MR) is 60.7 cm³/mol. The minimum absolute atomic E-state index is 0.00761. The van der Waals surface area contributed by atoms with Crippen molar-refractivity contribution >= 4 is 18.4 Å². The second-order valence-corrected chi connectivity index (χ2v) is 18.2. The summed E-state index contributed by atoms with van der Waals surface area (Å²) in [6.45, 7) is 1.38. The van der Waals surface area contributed by atoms with Gasteiger partial charge in [0.25, 0.3) is 0 Å². The Kier molecular flexibility index (Phi) is 5.29. The van der Waals surface area contributed by atoms with E-state index in [0.29, 0.717) is 6.61 Å². The Hall–Kier alpha value is 0.279. The first kappa shape index (κ1) is 12.3. The molecule has 1 fully saturated rings. The molecule has 0 aromatic carbocycles. The van der Waals surface area contributed by atoms with Gasteiger partial charge in [0, 0.05) is 0 Å². The molecule has 2 nitrogen and oxygen atoms in total. The van der Waals surface area contributed by atoms with Crippen LogP contribution in [0.3, 0.4) is 0 Å². The van der Waals surface area contributed by atoms with Gasteiger partial charge in [0.15, 0.2) is 0 Å². The molecule has 0 radical (unpaired) electrons. The number of rotatable bonds is 2. The van der Waals surface area contributed by atoms with Crippen molar-refractivity contribution in [2.24, 2.45) is 0 Å². The van der Waals surface area contributed by atoms with E-state index >= 15 is 0 Å². The molecular formula is C11H20O2Sn. The van der Waals surface area contributed by atoms with E-state index in [9.17, 15) is 0 Å². The van der Waals surface area contributed by atoms with Crippen LogP contribution in [-0.4, -0.2) is 37.9 Å². The maximum absolute atomic E-state index is 5.52. The van der Waals surface area contributed by atoms with E-state index in [1.165, 1.54) is 12.8 Å². The molecule has 0 spiro atoms. The summed E-state index contributed by atoms with van der Waals surface area (Å²) in [5, 5.41) is 0. The fraction of sp³-hybridized carbons (Fsp3) is 0.818. The van der Waals surface area contributed by atoms with Crippen molar-refractivity contribution in [2.75, 3.05) is 13.2 Å². The Labute approximate surface area is 91.2 Å². The molecular weight excluding hydrogens is 283 g/mol. The average Bonchev–Trinajstić information content (AvgIpc) is 2.13. The summed E-state index contributed by atoms with van der Waals surface area (Å²) in [6, 6.07) is 0. The first-order valence-corrected chi connectivity index (χ1v) is 15.3. The van der Waals surface area contributed by atoms with E-state index in [1.807, 2.05) is 0 Å². The van der Waals surface area contributed by atoms with Crippen LogP contribution in [0.5, 0.6) is 0 Å². The average molecular weight is 303 g/mol. The minimum atomic E-state index is -1.89. The van der Waals surface area contributed by atoms with Gasteiger partial charge in [-0.05, 0) is 0 Å². The Balaban J connectivity index is 2.16. The Morgan fingerprint density at radius 3 is 2.71 bits per heavy atom. The molecule has 0 aromatic heterocycles. The zero-order valence-electron chi connectivity index (χ0n) is 9.43. The van der Waals surface area contributed by atoms with Gasteiger partial charge in [0.1, 0.15) is 0 Å². The van der Waals surface area contributed by atoms with Crippen LogP contribution in [0.2, 0.25) is 14.8 Å². The molecule has 0 N–H and O–H groups in total. The second-order valence-electron chi connectivity index (χ2n) is 4.66. The zero-order valence-corrected chi connectivity index (χ0v) is 12.3. The fourth-order valence-electron chi connectivity index (χ4n) is 1.28. The molecule has 1 unspecified atom stereocenters. The van der Waals surface area contributed by atoms with Gasteiger partial charge in [-0.2, -0.15) is 0 Å². The van der Waals surface area contributed by atoms with Crippen LogP contribution in [-0.2, 0) is 9.47 Å². The van der Waals surface area contributed by atoms with E-state index in [0.717, 1.165) is 13.0 Å². The summed E-state index contributed by atoms with van der Waals surface area (Å²) in [4.78, 5) is 6.91. The number of hydrogen-bond donors (Lipinski definition) is 0. The van der Waals surface area contributed by atoms with Crippen LogP contribution in [0.4, 0.5) is 0 Å². The second kappa shape index (κ2) is 5.99. The zero-order chi connectivity index (χ0) is 10.4. The molecule has 1 aliphatic rings. The monoisotopic (exact) mass is 304 g/mol. The number of hydrogen-bond acceptors (Lipinski definition) is 2. The van der Waals surface area contributed by atoms with E-state index in [-0.39, 0.29) is 6.29 Å². The Bertz CT molecular complexity index is 216. The van der Waals surface area contributed by atoms with Crippen molar-refractivity contribution in [3.05, 3.63) is 0 Å². The number of ether oxygens (including phenoxy) is 2. The van der Waals surface area contributed by atoms with E-state index in [1.54, 1.807) is 0 Å². The topological polar surface area (TPSA) is 18.5 Å². The third-order valence-corrected chi connectivity index (χ3v) is 4.59. The van der Waals surface area contributed by atoms with Crippen LogP contribution >= 0.6 is 0 Å². The van der Waals surface area contributed by atoms with Crippen molar-refractivity contribution < 1.29 is 9.47 Å². The van der Waals surface area contributed by atoms with E-state index < -0.39 is 18.4 Å². The van der Waals surface area contributed by atoms with Gasteiger partial charge in [-0.15, -0.1) is 0 Å². The molecule has 80 valence electrons. The molecule has 0 aromatic rings. The molecule has 1 atom stereocenters. The molecule has 3 heteroatoms. The summed E-state index contributed by atoms with van der Waals surface area (Å²) in [7, 11) is 0. The van der Waals surface area contributed by atoms with Gasteiger partial charge >= 0.3 is 91.3 Å².